The molecule has 2 heteroatoms. The molecule has 0 atom stereocenters. The molecular formula is C13H20N2. The minimum atomic E-state index is 0.897. The summed E-state index contributed by atoms with van der Waals surface area (Å²) >= 11 is 0. The van der Waals surface area contributed by atoms with Crippen LogP contribution in [0.1, 0.15) is 31.2 Å². The molecule has 0 unspecified atom stereocenters. The number of benzene rings is 1. The lowest BCUT2D eigenvalue weighted by Crippen LogP contribution is -2.23. The molecule has 1 aromatic rings. The van der Waals surface area contributed by atoms with Gasteiger partial charge in [0.15, 0.2) is 0 Å². The maximum absolute atomic E-state index is 5.83. The van der Waals surface area contributed by atoms with Gasteiger partial charge < -0.3 is 10.6 Å². The Labute approximate surface area is 92.1 Å². The Morgan fingerprint density at radius 3 is 2.33 bits per heavy atom. The molecule has 1 aliphatic rings. The number of aryl methyl sites for hydroxylation is 1. The van der Waals surface area contributed by atoms with Crippen molar-refractivity contribution in [1.82, 2.24) is 0 Å². The number of nitrogens with two attached hydrogens (primary N) is 1. The van der Waals surface area contributed by atoms with Gasteiger partial charge in [-0.25, -0.2) is 0 Å². The van der Waals surface area contributed by atoms with E-state index in [2.05, 4.69) is 24.0 Å². The first-order valence-electron chi connectivity index (χ1n) is 5.88. The van der Waals surface area contributed by atoms with Crippen LogP contribution in [0.5, 0.6) is 0 Å². The fourth-order valence-corrected chi connectivity index (χ4v) is 2.19. The van der Waals surface area contributed by atoms with Gasteiger partial charge in [-0.05, 0) is 43.5 Å². The molecule has 1 saturated heterocycles. The van der Waals surface area contributed by atoms with E-state index < -0.39 is 0 Å². The van der Waals surface area contributed by atoms with Crippen molar-refractivity contribution in [2.45, 2.75) is 32.6 Å². The SMILES string of the molecule is Cc1cc(N2CCCCCC2)ccc1N. The van der Waals surface area contributed by atoms with Gasteiger partial charge in [-0.2, -0.15) is 0 Å². The Balaban J connectivity index is 2.16. The first kappa shape index (κ1) is 10.3. The van der Waals surface area contributed by atoms with Gasteiger partial charge in [0.05, 0.1) is 0 Å². The van der Waals surface area contributed by atoms with Crippen LogP contribution < -0.4 is 10.6 Å². The molecule has 0 aliphatic carbocycles. The highest BCUT2D eigenvalue weighted by Gasteiger charge is 2.10. The molecule has 2 nitrogen and oxygen atoms in total. The van der Waals surface area contributed by atoms with Crippen LogP contribution in [-0.4, -0.2) is 13.1 Å². The quantitative estimate of drug-likeness (QED) is 0.713. The van der Waals surface area contributed by atoms with Gasteiger partial charge in [0, 0.05) is 24.5 Å². The van der Waals surface area contributed by atoms with Gasteiger partial charge in [0.25, 0.3) is 0 Å². The van der Waals surface area contributed by atoms with Gasteiger partial charge in [-0.15, -0.1) is 0 Å². The summed E-state index contributed by atoms with van der Waals surface area (Å²) in [4.78, 5) is 2.49. The summed E-state index contributed by atoms with van der Waals surface area (Å²) in [5, 5.41) is 0. The Morgan fingerprint density at radius 1 is 1.07 bits per heavy atom. The Bertz CT molecular complexity index is 325. The topological polar surface area (TPSA) is 29.3 Å². The van der Waals surface area contributed by atoms with E-state index in [-0.39, 0.29) is 0 Å². The largest absolute Gasteiger partial charge is 0.399 e. The van der Waals surface area contributed by atoms with Crippen LogP contribution in [0.3, 0.4) is 0 Å². The average molecular weight is 204 g/mol. The molecule has 0 aromatic heterocycles. The molecule has 1 fully saturated rings. The Kier molecular flexibility index (Phi) is 3.14. The summed E-state index contributed by atoms with van der Waals surface area (Å²) in [7, 11) is 0. The summed E-state index contributed by atoms with van der Waals surface area (Å²) in [5.74, 6) is 0. The Morgan fingerprint density at radius 2 is 1.73 bits per heavy atom. The second-order valence-corrected chi connectivity index (χ2v) is 4.44. The molecule has 0 radical (unpaired) electrons. The first-order chi connectivity index (χ1) is 7.27. The number of rotatable bonds is 1. The van der Waals surface area contributed by atoms with Gasteiger partial charge in [0.1, 0.15) is 0 Å². The minimum Gasteiger partial charge on any atom is -0.399 e. The lowest BCUT2D eigenvalue weighted by Gasteiger charge is -2.23. The zero-order valence-electron chi connectivity index (χ0n) is 9.50. The van der Waals surface area contributed by atoms with Crippen molar-refractivity contribution in [2.24, 2.45) is 0 Å². The molecule has 0 bridgehead atoms. The summed E-state index contributed by atoms with van der Waals surface area (Å²) in [6.07, 6.45) is 5.40. The molecular weight excluding hydrogens is 184 g/mol. The van der Waals surface area contributed by atoms with Gasteiger partial charge in [-0.3, -0.25) is 0 Å². The van der Waals surface area contributed by atoms with Crippen LogP contribution in [-0.2, 0) is 0 Å². The number of hydrogen-bond donors (Lipinski definition) is 1. The van der Waals surface area contributed by atoms with Crippen LogP contribution in [0.2, 0.25) is 0 Å². The van der Waals surface area contributed by atoms with E-state index in [0.717, 1.165) is 5.69 Å². The molecule has 1 heterocycles. The maximum atomic E-state index is 5.83. The van der Waals surface area contributed by atoms with Crippen molar-refractivity contribution in [3.8, 4) is 0 Å². The van der Waals surface area contributed by atoms with E-state index in [1.54, 1.807) is 0 Å². The zero-order chi connectivity index (χ0) is 10.7. The third kappa shape index (κ3) is 2.44. The van der Waals surface area contributed by atoms with Gasteiger partial charge >= 0.3 is 0 Å². The number of nitrogens with zero attached hydrogens (tertiary/aromatic N) is 1. The van der Waals surface area contributed by atoms with Crippen LogP contribution in [0.4, 0.5) is 11.4 Å². The average Bonchev–Trinajstić information content (AvgIpc) is 2.50. The molecule has 0 amide bonds. The first-order valence-corrected chi connectivity index (χ1v) is 5.88. The molecule has 1 aliphatic heterocycles. The third-order valence-electron chi connectivity index (χ3n) is 3.22. The highest BCUT2D eigenvalue weighted by molar-refractivity contribution is 5.58. The van der Waals surface area contributed by atoms with Crippen LogP contribution >= 0.6 is 0 Å². The van der Waals surface area contributed by atoms with E-state index in [9.17, 15) is 0 Å². The maximum Gasteiger partial charge on any atom is 0.0370 e. The standard InChI is InChI=1S/C13H20N2/c1-11-10-12(6-7-13(11)14)15-8-4-2-3-5-9-15/h6-7,10H,2-5,8-9,14H2,1H3. The van der Waals surface area contributed by atoms with E-state index in [1.807, 2.05) is 6.07 Å². The monoisotopic (exact) mass is 204 g/mol. The van der Waals surface area contributed by atoms with E-state index in [4.69, 9.17) is 5.73 Å². The summed E-state index contributed by atoms with van der Waals surface area (Å²) < 4.78 is 0. The summed E-state index contributed by atoms with van der Waals surface area (Å²) in [6.45, 7) is 4.48. The fraction of sp³-hybridized carbons (Fsp3) is 0.538. The van der Waals surface area contributed by atoms with Crippen LogP contribution in [0, 0.1) is 6.92 Å². The molecule has 15 heavy (non-hydrogen) atoms. The highest BCUT2D eigenvalue weighted by Crippen LogP contribution is 2.23. The van der Waals surface area contributed by atoms with Crippen molar-refractivity contribution in [1.29, 1.82) is 0 Å². The van der Waals surface area contributed by atoms with Crippen LogP contribution in [0.15, 0.2) is 18.2 Å². The summed E-state index contributed by atoms with van der Waals surface area (Å²) in [5.41, 5.74) is 9.26. The fourth-order valence-electron chi connectivity index (χ4n) is 2.19. The van der Waals surface area contributed by atoms with E-state index in [0.29, 0.717) is 0 Å². The van der Waals surface area contributed by atoms with Crippen molar-refractivity contribution in [2.75, 3.05) is 23.7 Å². The lowest BCUT2D eigenvalue weighted by atomic mass is 10.1. The number of anilines is 2. The van der Waals surface area contributed by atoms with Crippen LogP contribution in [0.25, 0.3) is 0 Å². The molecule has 0 saturated carbocycles. The van der Waals surface area contributed by atoms with E-state index >= 15 is 0 Å². The summed E-state index contributed by atoms with van der Waals surface area (Å²) in [6, 6.07) is 6.38. The number of hydrogen-bond acceptors (Lipinski definition) is 2. The van der Waals surface area contributed by atoms with Crippen molar-refractivity contribution in [3.63, 3.8) is 0 Å². The molecule has 2 N–H and O–H groups in total. The normalized spacial score (nSPS) is 17.5. The predicted molar refractivity (Wildman–Crippen MR) is 66.3 cm³/mol. The molecule has 82 valence electrons. The Hall–Kier alpha value is -1.18. The molecule has 2 rings (SSSR count). The van der Waals surface area contributed by atoms with Gasteiger partial charge in [0.2, 0.25) is 0 Å². The van der Waals surface area contributed by atoms with E-state index in [1.165, 1.54) is 50.0 Å². The molecule has 1 aromatic carbocycles. The zero-order valence-corrected chi connectivity index (χ0v) is 9.50. The second-order valence-electron chi connectivity index (χ2n) is 4.44. The minimum absolute atomic E-state index is 0.897. The highest BCUT2D eigenvalue weighted by atomic mass is 15.1. The molecule has 0 spiro atoms. The smallest absolute Gasteiger partial charge is 0.0370 e. The predicted octanol–water partition coefficient (Wildman–Crippen LogP) is 2.96. The van der Waals surface area contributed by atoms with Gasteiger partial charge in [-0.1, -0.05) is 12.8 Å². The number of nitrogen functional groups attached to an aromatic ring is 1. The lowest BCUT2D eigenvalue weighted by molar-refractivity contribution is 0.726. The second kappa shape index (κ2) is 4.56. The van der Waals surface area contributed by atoms with Crippen molar-refractivity contribution in [3.05, 3.63) is 23.8 Å². The van der Waals surface area contributed by atoms with Crippen molar-refractivity contribution >= 4 is 11.4 Å². The third-order valence-corrected chi connectivity index (χ3v) is 3.22. The van der Waals surface area contributed by atoms with Crippen molar-refractivity contribution < 1.29 is 0 Å².